The van der Waals surface area contributed by atoms with E-state index in [4.69, 9.17) is 5.11 Å². The number of halogens is 5. The fourth-order valence-electron chi connectivity index (χ4n) is 1.93. The first kappa shape index (κ1) is 20.2. The first-order chi connectivity index (χ1) is 12.5. The van der Waals surface area contributed by atoms with Gasteiger partial charge in [-0.2, -0.15) is 22.0 Å². The third-order valence-corrected chi connectivity index (χ3v) is 3.14. The number of hydrogen-bond acceptors (Lipinski definition) is 3. The zero-order chi connectivity index (χ0) is 20.1. The summed E-state index contributed by atoms with van der Waals surface area (Å²) in [7, 11) is 0. The van der Waals surface area contributed by atoms with Crippen LogP contribution in [0.4, 0.5) is 22.0 Å². The van der Waals surface area contributed by atoms with Crippen LogP contribution >= 0.6 is 0 Å². The highest BCUT2D eigenvalue weighted by Gasteiger charge is 2.34. The molecular weight excluding hydrogens is 375 g/mol. The highest BCUT2D eigenvalue weighted by atomic mass is 19.4. The van der Waals surface area contributed by atoms with Gasteiger partial charge in [-0.3, -0.25) is 0 Å². The van der Waals surface area contributed by atoms with Crippen LogP contribution in [0.15, 0.2) is 54.6 Å². The largest absolute Gasteiger partial charge is 0.484 e. The molecule has 0 spiro atoms. The van der Waals surface area contributed by atoms with Crippen molar-refractivity contribution < 1.29 is 41.3 Å². The molecule has 27 heavy (non-hydrogen) atoms. The third kappa shape index (κ3) is 6.61. The van der Waals surface area contributed by atoms with Crippen molar-refractivity contribution in [2.45, 2.75) is 12.3 Å². The van der Waals surface area contributed by atoms with Crippen molar-refractivity contribution in [1.29, 1.82) is 0 Å². The van der Waals surface area contributed by atoms with E-state index in [-0.39, 0.29) is 11.5 Å². The Labute approximate surface area is 150 Å². The Morgan fingerprint density at radius 3 is 2.00 bits per heavy atom. The molecule has 1 N–H and O–H groups in total. The molecule has 0 aliphatic rings. The van der Waals surface area contributed by atoms with Crippen molar-refractivity contribution in [2.24, 2.45) is 0 Å². The summed E-state index contributed by atoms with van der Waals surface area (Å²) < 4.78 is 73.6. The van der Waals surface area contributed by atoms with Crippen molar-refractivity contribution in [1.82, 2.24) is 0 Å². The van der Waals surface area contributed by atoms with E-state index in [1.807, 2.05) is 0 Å². The average molecular weight is 388 g/mol. The number of ether oxygens (including phenoxy) is 2. The quantitative estimate of drug-likeness (QED) is 0.544. The molecule has 0 radical (unpaired) electrons. The van der Waals surface area contributed by atoms with Gasteiger partial charge in [-0.15, -0.1) is 0 Å². The number of carboxylic acid groups (broad SMARTS) is 1. The summed E-state index contributed by atoms with van der Waals surface area (Å²) in [4.78, 5) is 10.4. The number of benzene rings is 2. The highest BCUT2D eigenvalue weighted by molar-refractivity contribution is 5.85. The number of alkyl halides is 5. The topological polar surface area (TPSA) is 55.8 Å². The van der Waals surface area contributed by atoms with Gasteiger partial charge in [0, 0.05) is 6.08 Å². The molecule has 0 bridgehead atoms. The van der Waals surface area contributed by atoms with Gasteiger partial charge in [0.1, 0.15) is 11.5 Å². The number of rotatable bonds is 7. The maximum absolute atomic E-state index is 14.2. The van der Waals surface area contributed by atoms with E-state index in [0.29, 0.717) is 5.56 Å². The summed E-state index contributed by atoms with van der Waals surface area (Å²) >= 11 is 0. The fourth-order valence-corrected chi connectivity index (χ4v) is 1.93. The van der Waals surface area contributed by atoms with Gasteiger partial charge < -0.3 is 14.6 Å². The van der Waals surface area contributed by atoms with Crippen LogP contribution in [0.1, 0.15) is 11.1 Å². The monoisotopic (exact) mass is 388 g/mol. The van der Waals surface area contributed by atoms with E-state index in [0.717, 1.165) is 42.5 Å². The van der Waals surface area contributed by atoms with Gasteiger partial charge in [0.2, 0.25) is 0 Å². The van der Waals surface area contributed by atoms with Crippen LogP contribution in [0, 0.1) is 0 Å². The lowest BCUT2D eigenvalue weighted by molar-refractivity contribution is -0.185. The number of carbonyl (C=O) groups is 1. The van der Waals surface area contributed by atoms with Gasteiger partial charge in [0.05, 0.1) is 5.56 Å². The van der Waals surface area contributed by atoms with Crippen molar-refractivity contribution in [3.63, 3.8) is 0 Å². The summed E-state index contributed by atoms with van der Waals surface area (Å²) in [5, 5.41) is 8.52. The molecule has 2 aromatic carbocycles. The lowest BCUT2D eigenvalue weighted by atomic mass is 10.1. The van der Waals surface area contributed by atoms with Gasteiger partial charge in [-0.05, 0) is 48.0 Å². The van der Waals surface area contributed by atoms with Gasteiger partial charge in [0.25, 0.3) is 0 Å². The molecule has 0 amide bonds. The molecule has 0 saturated heterocycles. The molecule has 0 atom stereocenters. The van der Waals surface area contributed by atoms with Crippen LogP contribution in [0.2, 0.25) is 0 Å². The minimum atomic E-state index is -4.51. The molecule has 9 heteroatoms. The predicted molar refractivity (Wildman–Crippen MR) is 85.6 cm³/mol. The van der Waals surface area contributed by atoms with Crippen molar-refractivity contribution in [2.75, 3.05) is 6.61 Å². The van der Waals surface area contributed by atoms with E-state index in [1.54, 1.807) is 0 Å². The lowest BCUT2D eigenvalue weighted by Crippen LogP contribution is -2.22. The second-order valence-corrected chi connectivity index (χ2v) is 5.29. The summed E-state index contributed by atoms with van der Waals surface area (Å²) in [6, 6.07) is 9.01. The Kier molecular flexibility index (Phi) is 6.04. The Hall–Kier alpha value is -3.10. The summed E-state index contributed by atoms with van der Waals surface area (Å²) in [6.07, 6.45) is -6.10. The second-order valence-electron chi connectivity index (χ2n) is 5.29. The van der Waals surface area contributed by atoms with Crippen LogP contribution in [0.25, 0.3) is 6.08 Å². The highest BCUT2D eigenvalue weighted by Crippen LogP contribution is 2.32. The van der Waals surface area contributed by atoms with Crippen LogP contribution in [0.5, 0.6) is 11.5 Å². The predicted octanol–water partition coefficient (Wildman–Crippen LogP) is 4.85. The molecule has 2 rings (SSSR count). The van der Waals surface area contributed by atoms with Gasteiger partial charge >= 0.3 is 18.3 Å². The molecule has 0 fully saturated rings. The molecule has 0 heterocycles. The Morgan fingerprint density at radius 2 is 1.48 bits per heavy atom. The van der Waals surface area contributed by atoms with E-state index in [1.165, 1.54) is 18.2 Å². The van der Waals surface area contributed by atoms with E-state index in [9.17, 15) is 26.7 Å². The van der Waals surface area contributed by atoms with Crippen LogP contribution in [-0.2, 0) is 10.9 Å². The van der Waals surface area contributed by atoms with Crippen LogP contribution in [-0.4, -0.2) is 23.9 Å². The maximum Gasteiger partial charge on any atom is 0.426 e. The molecule has 144 valence electrons. The minimum absolute atomic E-state index is 0.141. The maximum atomic E-state index is 14.2. The number of hydrogen-bond donors (Lipinski definition) is 1. The average Bonchev–Trinajstić information content (AvgIpc) is 2.59. The third-order valence-electron chi connectivity index (χ3n) is 3.14. The minimum Gasteiger partial charge on any atom is -0.484 e. The number of carboxylic acids is 1. The molecule has 0 unspecified atom stereocenters. The van der Waals surface area contributed by atoms with Crippen LogP contribution in [0.3, 0.4) is 0 Å². The molecule has 0 aliphatic heterocycles. The smallest absolute Gasteiger partial charge is 0.426 e. The summed E-state index contributed by atoms with van der Waals surface area (Å²) in [6.45, 7) is -1.49. The van der Waals surface area contributed by atoms with Gasteiger partial charge in [0.15, 0.2) is 6.61 Å². The van der Waals surface area contributed by atoms with E-state index < -0.39 is 30.4 Å². The lowest BCUT2D eigenvalue weighted by Gasteiger charge is -2.18. The standard InChI is InChI=1S/C18H13F5O4/c19-17(20,21)11-26-14-6-8-15(9-7-14)27-18(22,23)13-4-1-12(2-5-13)3-10-16(24)25/h1-10H,11H2,(H,24,25)/b10-3+. The zero-order valence-corrected chi connectivity index (χ0v) is 13.5. The Morgan fingerprint density at radius 1 is 0.926 bits per heavy atom. The normalized spacial score (nSPS) is 12.2. The first-order valence-electron chi connectivity index (χ1n) is 7.43. The second kappa shape index (κ2) is 8.07. The Balaban J connectivity index is 2.03. The molecule has 0 aliphatic carbocycles. The first-order valence-corrected chi connectivity index (χ1v) is 7.43. The molecular formula is C18H13F5O4. The number of aliphatic carboxylic acids is 1. The van der Waals surface area contributed by atoms with E-state index >= 15 is 0 Å². The molecule has 0 saturated carbocycles. The summed E-state index contributed by atoms with van der Waals surface area (Å²) in [5.74, 6) is -1.58. The molecule has 2 aromatic rings. The fraction of sp³-hybridized carbons (Fsp3) is 0.167. The van der Waals surface area contributed by atoms with Gasteiger partial charge in [-0.1, -0.05) is 12.1 Å². The SMILES string of the molecule is O=C(O)/C=C/c1ccc(C(F)(F)Oc2ccc(OCC(F)(F)F)cc2)cc1. The van der Waals surface area contributed by atoms with E-state index in [2.05, 4.69) is 9.47 Å². The van der Waals surface area contributed by atoms with Crippen LogP contribution < -0.4 is 9.47 Å². The Bertz CT molecular complexity index is 796. The molecule has 4 nitrogen and oxygen atoms in total. The van der Waals surface area contributed by atoms with Crippen molar-refractivity contribution in [3.05, 3.63) is 65.7 Å². The van der Waals surface area contributed by atoms with Crippen molar-refractivity contribution in [3.8, 4) is 11.5 Å². The van der Waals surface area contributed by atoms with Gasteiger partial charge in [-0.25, -0.2) is 4.79 Å². The summed E-state index contributed by atoms with van der Waals surface area (Å²) in [5.41, 5.74) is -0.0736. The van der Waals surface area contributed by atoms with Crippen molar-refractivity contribution >= 4 is 12.0 Å². The molecule has 0 aromatic heterocycles. The zero-order valence-electron chi connectivity index (χ0n) is 13.5.